The van der Waals surface area contributed by atoms with Crippen LogP contribution in [0.5, 0.6) is 5.75 Å². The van der Waals surface area contributed by atoms with E-state index in [4.69, 9.17) is 4.74 Å². The highest BCUT2D eigenvalue weighted by molar-refractivity contribution is 7.19. The molecule has 0 spiro atoms. The van der Waals surface area contributed by atoms with E-state index in [2.05, 4.69) is 10.3 Å². The van der Waals surface area contributed by atoms with Crippen molar-refractivity contribution < 1.29 is 9.53 Å². The summed E-state index contributed by atoms with van der Waals surface area (Å²) in [5, 5.41) is 2.89. The Hall–Kier alpha value is -2.67. The van der Waals surface area contributed by atoms with E-state index in [1.807, 2.05) is 6.92 Å². The molecule has 1 saturated carbocycles. The van der Waals surface area contributed by atoms with Crippen molar-refractivity contribution >= 4 is 33.1 Å². The van der Waals surface area contributed by atoms with E-state index in [1.165, 1.54) is 17.8 Å². The Morgan fingerprint density at radius 3 is 2.61 bits per heavy atom. The number of carbonyl (C=O) groups is 1. The topological polar surface area (TPSA) is 73.2 Å². The monoisotopic (exact) mass is 397 g/mol. The van der Waals surface area contributed by atoms with E-state index in [0.29, 0.717) is 21.5 Å². The van der Waals surface area contributed by atoms with Gasteiger partial charge < -0.3 is 10.1 Å². The predicted molar refractivity (Wildman–Crippen MR) is 112 cm³/mol. The maximum Gasteiger partial charge on any atom is 0.271 e. The molecule has 0 atom stereocenters. The number of benzene rings is 1. The van der Waals surface area contributed by atoms with E-state index in [-0.39, 0.29) is 17.5 Å². The molecule has 1 N–H and O–H groups in total. The van der Waals surface area contributed by atoms with Gasteiger partial charge >= 0.3 is 0 Å². The van der Waals surface area contributed by atoms with Crippen LogP contribution in [0.25, 0.3) is 10.2 Å². The van der Waals surface area contributed by atoms with E-state index in [1.54, 1.807) is 42.3 Å². The largest absolute Gasteiger partial charge is 0.497 e. The maximum absolute atomic E-state index is 13.0. The lowest BCUT2D eigenvalue weighted by Crippen LogP contribution is -2.26. The molecular weight excluding hydrogens is 374 g/mol. The molecule has 0 bridgehead atoms. The standard InChI is InChI=1S/C21H23N3O3S/c1-13-17(20(25)23-14-8-10-16(27-2)11-9-14)18-19(28-13)21(26)24(12-22-18)15-6-4-3-5-7-15/h8-12,15H,3-7H2,1-2H3,(H,23,25). The smallest absolute Gasteiger partial charge is 0.271 e. The van der Waals surface area contributed by atoms with Crippen molar-refractivity contribution in [2.24, 2.45) is 0 Å². The number of anilines is 1. The lowest BCUT2D eigenvalue weighted by molar-refractivity contribution is 0.102. The van der Waals surface area contributed by atoms with Crippen molar-refractivity contribution in [3.63, 3.8) is 0 Å². The van der Waals surface area contributed by atoms with Crippen molar-refractivity contribution in [3.05, 3.63) is 51.4 Å². The van der Waals surface area contributed by atoms with Gasteiger partial charge in [-0.05, 0) is 44.0 Å². The number of aryl methyl sites for hydroxylation is 1. The molecule has 0 radical (unpaired) electrons. The maximum atomic E-state index is 13.0. The number of hydrogen-bond acceptors (Lipinski definition) is 5. The second-order valence-corrected chi connectivity index (χ2v) is 8.37. The third-order valence-electron chi connectivity index (χ3n) is 5.34. The molecule has 0 aliphatic heterocycles. The Balaban J connectivity index is 1.67. The normalized spacial score (nSPS) is 14.9. The van der Waals surface area contributed by atoms with Crippen LogP contribution in [0.1, 0.15) is 53.4 Å². The van der Waals surface area contributed by atoms with Crippen LogP contribution >= 0.6 is 11.3 Å². The lowest BCUT2D eigenvalue weighted by atomic mass is 9.95. The first-order valence-electron chi connectivity index (χ1n) is 9.54. The minimum atomic E-state index is -0.253. The molecule has 1 aliphatic rings. The third kappa shape index (κ3) is 3.42. The van der Waals surface area contributed by atoms with Gasteiger partial charge in [-0.2, -0.15) is 0 Å². The molecule has 1 aliphatic carbocycles. The fraction of sp³-hybridized carbons (Fsp3) is 0.381. The number of nitrogens with one attached hydrogen (secondary N) is 1. The van der Waals surface area contributed by atoms with Crippen LogP contribution in [0.4, 0.5) is 5.69 Å². The van der Waals surface area contributed by atoms with Crippen molar-refractivity contribution in [2.75, 3.05) is 12.4 Å². The number of aromatic nitrogens is 2. The first-order chi connectivity index (χ1) is 13.6. The fourth-order valence-electron chi connectivity index (χ4n) is 3.85. The van der Waals surface area contributed by atoms with Gasteiger partial charge in [-0.25, -0.2) is 4.98 Å². The molecule has 0 saturated heterocycles. The van der Waals surface area contributed by atoms with E-state index >= 15 is 0 Å². The summed E-state index contributed by atoms with van der Waals surface area (Å²) in [4.78, 5) is 31.2. The molecule has 1 amide bonds. The van der Waals surface area contributed by atoms with Crippen molar-refractivity contribution in [1.29, 1.82) is 0 Å². The Bertz CT molecular complexity index is 1060. The Morgan fingerprint density at radius 2 is 1.93 bits per heavy atom. The van der Waals surface area contributed by atoms with E-state index in [9.17, 15) is 9.59 Å². The van der Waals surface area contributed by atoms with Crippen LogP contribution in [-0.2, 0) is 0 Å². The van der Waals surface area contributed by atoms with Gasteiger partial charge in [-0.1, -0.05) is 19.3 Å². The number of ether oxygens (including phenoxy) is 1. The minimum Gasteiger partial charge on any atom is -0.497 e. The van der Waals surface area contributed by atoms with Gasteiger partial charge in [0.05, 0.1) is 19.0 Å². The molecule has 28 heavy (non-hydrogen) atoms. The summed E-state index contributed by atoms with van der Waals surface area (Å²) in [6, 6.07) is 7.36. The van der Waals surface area contributed by atoms with Crippen LogP contribution < -0.4 is 15.6 Å². The molecule has 2 aromatic heterocycles. The third-order valence-corrected chi connectivity index (χ3v) is 6.42. The summed E-state index contributed by atoms with van der Waals surface area (Å²) in [5.74, 6) is 0.469. The quantitative estimate of drug-likeness (QED) is 0.702. The number of carbonyl (C=O) groups excluding carboxylic acids is 1. The number of hydrogen-bond donors (Lipinski definition) is 1. The van der Waals surface area contributed by atoms with E-state index in [0.717, 1.165) is 36.3 Å². The zero-order valence-corrected chi connectivity index (χ0v) is 16.8. The van der Waals surface area contributed by atoms with Crippen LogP contribution in [0, 0.1) is 6.92 Å². The van der Waals surface area contributed by atoms with Crippen LogP contribution in [0.15, 0.2) is 35.4 Å². The number of rotatable bonds is 4. The minimum absolute atomic E-state index is 0.0338. The summed E-state index contributed by atoms with van der Waals surface area (Å²) in [6.45, 7) is 1.86. The number of methoxy groups -OCH3 is 1. The Labute approximate surface area is 167 Å². The molecule has 7 heteroatoms. The van der Waals surface area contributed by atoms with E-state index < -0.39 is 0 Å². The van der Waals surface area contributed by atoms with Crippen LogP contribution in [0.3, 0.4) is 0 Å². The van der Waals surface area contributed by atoms with Crippen molar-refractivity contribution in [3.8, 4) is 5.75 Å². The van der Waals surface area contributed by atoms with Gasteiger partial charge in [-0.3, -0.25) is 14.2 Å². The summed E-state index contributed by atoms with van der Waals surface area (Å²) < 4.78 is 7.47. The molecule has 0 unspecified atom stereocenters. The second kappa shape index (κ2) is 7.75. The zero-order valence-electron chi connectivity index (χ0n) is 16.0. The molecule has 146 valence electrons. The van der Waals surface area contributed by atoms with Gasteiger partial charge in [0.1, 0.15) is 16.0 Å². The first kappa shape index (κ1) is 18.7. The van der Waals surface area contributed by atoms with Crippen LogP contribution in [-0.4, -0.2) is 22.6 Å². The zero-order chi connectivity index (χ0) is 19.7. The number of amides is 1. The average molecular weight is 398 g/mol. The van der Waals surface area contributed by atoms with Gasteiger partial charge in [0.2, 0.25) is 0 Å². The summed E-state index contributed by atoms with van der Waals surface area (Å²) in [6.07, 6.45) is 7.18. The molecule has 2 heterocycles. The van der Waals surface area contributed by atoms with Gasteiger partial charge in [-0.15, -0.1) is 11.3 Å². The molecular formula is C21H23N3O3S. The van der Waals surface area contributed by atoms with Gasteiger partial charge in [0.15, 0.2) is 0 Å². The Kier molecular flexibility index (Phi) is 5.17. The highest BCUT2D eigenvalue weighted by atomic mass is 32.1. The first-order valence-corrected chi connectivity index (χ1v) is 10.4. The lowest BCUT2D eigenvalue weighted by Gasteiger charge is -2.23. The summed E-state index contributed by atoms with van der Waals surface area (Å²) >= 11 is 1.35. The molecule has 3 aromatic rings. The Morgan fingerprint density at radius 1 is 1.21 bits per heavy atom. The van der Waals surface area contributed by atoms with Crippen LogP contribution in [0.2, 0.25) is 0 Å². The molecule has 4 rings (SSSR count). The molecule has 1 aromatic carbocycles. The summed E-state index contributed by atoms with van der Waals surface area (Å²) in [5.41, 5.74) is 1.60. The predicted octanol–water partition coefficient (Wildman–Crippen LogP) is 4.53. The fourth-order valence-corrected chi connectivity index (χ4v) is 4.89. The van der Waals surface area contributed by atoms with Gasteiger partial charge in [0.25, 0.3) is 11.5 Å². The number of nitrogens with zero attached hydrogens (tertiary/aromatic N) is 2. The summed E-state index contributed by atoms with van der Waals surface area (Å²) in [7, 11) is 1.60. The van der Waals surface area contributed by atoms with Crippen molar-refractivity contribution in [1.82, 2.24) is 9.55 Å². The average Bonchev–Trinajstić information content (AvgIpc) is 3.06. The van der Waals surface area contributed by atoms with Crippen molar-refractivity contribution in [2.45, 2.75) is 45.1 Å². The molecule has 6 nitrogen and oxygen atoms in total. The molecule has 1 fully saturated rings. The van der Waals surface area contributed by atoms with Gasteiger partial charge in [0, 0.05) is 16.6 Å². The second-order valence-electron chi connectivity index (χ2n) is 7.14. The highest BCUT2D eigenvalue weighted by Gasteiger charge is 2.23. The highest BCUT2D eigenvalue weighted by Crippen LogP contribution is 2.31. The SMILES string of the molecule is COc1ccc(NC(=O)c2c(C)sc3c(=O)n(C4CCCCC4)cnc23)cc1. The number of fused-ring (bicyclic) bond motifs is 1. The number of thiophene rings is 1.